The number of hydrogen-bond donors (Lipinski definition) is 1. The molecular formula is C21H17F2N3OS. The average Bonchev–Trinajstić information content (AvgIpc) is 3.23. The molecule has 1 amide bonds. The number of carbonyl (C=O) groups excluding carboxylic acids is 1. The molecule has 28 heavy (non-hydrogen) atoms. The van der Waals surface area contributed by atoms with Crippen molar-refractivity contribution in [2.75, 3.05) is 6.54 Å². The summed E-state index contributed by atoms with van der Waals surface area (Å²) in [5, 5.41) is 2.90. The maximum atomic E-state index is 13.1. The van der Waals surface area contributed by atoms with Crippen LogP contribution in [0.3, 0.4) is 0 Å². The van der Waals surface area contributed by atoms with E-state index in [9.17, 15) is 13.6 Å². The molecule has 0 aliphatic heterocycles. The minimum atomic E-state index is -0.291. The van der Waals surface area contributed by atoms with Crippen LogP contribution < -0.4 is 5.32 Å². The maximum absolute atomic E-state index is 13.1. The number of fused-ring (bicyclic) bond motifs is 1. The highest BCUT2D eigenvalue weighted by Gasteiger charge is 2.17. The van der Waals surface area contributed by atoms with E-state index >= 15 is 0 Å². The molecule has 2 heterocycles. The number of carbonyl (C=O) groups is 1. The van der Waals surface area contributed by atoms with E-state index in [-0.39, 0.29) is 17.5 Å². The first-order valence-electron chi connectivity index (χ1n) is 8.78. The van der Waals surface area contributed by atoms with Gasteiger partial charge in [0.05, 0.1) is 5.69 Å². The number of nitrogens with zero attached hydrogens (tertiary/aromatic N) is 2. The van der Waals surface area contributed by atoms with Crippen LogP contribution in [0.2, 0.25) is 0 Å². The van der Waals surface area contributed by atoms with E-state index in [1.165, 1.54) is 35.6 Å². The van der Waals surface area contributed by atoms with Crippen LogP contribution in [0, 0.1) is 18.6 Å². The van der Waals surface area contributed by atoms with Crippen LogP contribution in [0.1, 0.15) is 20.9 Å². The molecule has 4 nitrogen and oxygen atoms in total. The van der Waals surface area contributed by atoms with E-state index in [2.05, 4.69) is 10.3 Å². The molecule has 0 atom stereocenters. The highest BCUT2D eigenvalue weighted by atomic mass is 32.1. The molecule has 0 saturated heterocycles. The van der Waals surface area contributed by atoms with E-state index in [1.807, 2.05) is 17.5 Å². The Labute approximate surface area is 164 Å². The Kier molecular flexibility index (Phi) is 4.92. The zero-order valence-corrected chi connectivity index (χ0v) is 15.9. The van der Waals surface area contributed by atoms with Gasteiger partial charge in [0.2, 0.25) is 0 Å². The standard InChI is InChI=1S/C21H17F2N3OS/c1-13-19(20(27)24-11-10-14-2-6-16(22)7-3-14)28-21-25-18(12-26(13)21)15-4-8-17(23)9-5-15/h2-9,12H,10-11H2,1H3,(H,24,27). The summed E-state index contributed by atoms with van der Waals surface area (Å²) in [6, 6.07) is 12.4. The summed E-state index contributed by atoms with van der Waals surface area (Å²) in [5.41, 5.74) is 3.32. The van der Waals surface area contributed by atoms with Gasteiger partial charge in [-0.3, -0.25) is 9.20 Å². The molecule has 0 aliphatic carbocycles. The average molecular weight is 397 g/mol. The van der Waals surface area contributed by atoms with E-state index < -0.39 is 0 Å². The number of thiazole rings is 1. The van der Waals surface area contributed by atoms with E-state index in [4.69, 9.17) is 0 Å². The van der Waals surface area contributed by atoms with Crippen LogP contribution in [0.15, 0.2) is 54.7 Å². The molecule has 0 spiro atoms. The molecule has 4 aromatic rings. The van der Waals surface area contributed by atoms with Crippen molar-refractivity contribution < 1.29 is 13.6 Å². The van der Waals surface area contributed by atoms with Crippen molar-refractivity contribution in [3.8, 4) is 11.3 Å². The Morgan fingerprint density at radius 3 is 2.36 bits per heavy atom. The third kappa shape index (κ3) is 3.66. The number of hydrogen-bond acceptors (Lipinski definition) is 3. The molecule has 7 heteroatoms. The van der Waals surface area contributed by atoms with Gasteiger partial charge in [-0.2, -0.15) is 0 Å². The number of nitrogens with one attached hydrogen (secondary N) is 1. The molecule has 142 valence electrons. The first-order chi connectivity index (χ1) is 13.5. The van der Waals surface area contributed by atoms with Crippen molar-refractivity contribution in [2.24, 2.45) is 0 Å². The van der Waals surface area contributed by atoms with Crippen molar-refractivity contribution in [3.63, 3.8) is 0 Å². The summed E-state index contributed by atoms with van der Waals surface area (Å²) in [7, 11) is 0. The third-order valence-electron chi connectivity index (χ3n) is 4.52. The molecule has 2 aromatic carbocycles. The normalized spacial score (nSPS) is 11.1. The number of aromatic nitrogens is 2. The van der Waals surface area contributed by atoms with Gasteiger partial charge in [-0.05, 0) is 55.3 Å². The second-order valence-corrected chi connectivity index (χ2v) is 7.41. The molecule has 0 fully saturated rings. The summed E-state index contributed by atoms with van der Waals surface area (Å²) < 4.78 is 27.9. The summed E-state index contributed by atoms with van der Waals surface area (Å²) >= 11 is 1.32. The van der Waals surface area contributed by atoms with Crippen molar-refractivity contribution in [1.82, 2.24) is 14.7 Å². The molecule has 0 saturated carbocycles. The Morgan fingerprint density at radius 1 is 1.07 bits per heavy atom. The Morgan fingerprint density at radius 2 is 1.71 bits per heavy atom. The number of amides is 1. The van der Waals surface area contributed by atoms with Gasteiger partial charge >= 0.3 is 0 Å². The Hall–Kier alpha value is -3.06. The van der Waals surface area contributed by atoms with Crippen LogP contribution in [-0.2, 0) is 6.42 Å². The SMILES string of the molecule is Cc1c(C(=O)NCCc2ccc(F)cc2)sc2nc(-c3ccc(F)cc3)cn12. The maximum Gasteiger partial charge on any atom is 0.263 e. The molecule has 0 bridgehead atoms. The zero-order valence-electron chi connectivity index (χ0n) is 15.1. The lowest BCUT2D eigenvalue weighted by Gasteiger charge is -2.05. The van der Waals surface area contributed by atoms with Gasteiger partial charge in [0.15, 0.2) is 4.96 Å². The van der Waals surface area contributed by atoms with E-state index in [1.54, 1.807) is 24.3 Å². The van der Waals surface area contributed by atoms with Gasteiger partial charge in [-0.1, -0.05) is 23.5 Å². The number of rotatable bonds is 5. The van der Waals surface area contributed by atoms with Crippen molar-refractivity contribution in [1.29, 1.82) is 0 Å². The van der Waals surface area contributed by atoms with E-state index in [0.717, 1.165) is 22.5 Å². The van der Waals surface area contributed by atoms with Crippen molar-refractivity contribution in [3.05, 3.63) is 82.5 Å². The van der Waals surface area contributed by atoms with Crippen LogP contribution >= 0.6 is 11.3 Å². The van der Waals surface area contributed by atoms with Crippen LogP contribution in [0.4, 0.5) is 8.78 Å². The van der Waals surface area contributed by atoms with Gasteiger partial charge in [-0.25, -0.2) is 13.8 Å². The Bertz CT molecular complexity index is 1130. The molecule has 0 radical (unpaired) electrons. The van der Waals surface area contributed by atoms with Crippen LogP contribution in [0.25, 0.3) is 16.2 Å². The topological polar surface area (TPSA) is 46.4 Å². The second-order valence-electron chi connectivity index (χ2n) is 6.43. The van der Waals surface area contributed by atoms with E-state index in [0.29, 0.717) is 22.8 Å². The monoisotopic (exact) mass is 397 g/mol. The molecule has 2 aromatic heterocycles. The number of halogens is 2. The summed E-state index contributed by atoms with van der Waals surface area (Å²) in [5.74, 6) is -0.718. The minimum absolute atomic E-state index is 0.154. The quantitative estimate of drug-likeness (QED) is 0.534. The highest BCUT2D eigenvalue weighted by Crippen LogP contribution is 2.27. The fourth-order valence-corrected chi connectivity index (χ4v) is 4.00. The first-order valence-corrected chi connectivity index (χ1v) is 9.60. The van der Waals surface area contributed by atoms with Gasteiger partial charge in [-0.15, -0.1) is 0 Å². The minimum Gasteiger partial charge on any atom is -0.351 e. The smallest absolute Gasteiger partial charge is 0.263 e. The fraction of sp³-hybridized carbons (Fsp3) is 0.143. The number of imidazole rings is 1. The number of aryl methyl sites for hydroxylation is 1. The lowest BCUT2D eigenvalue weighted by molar-refractivity contribution is 0.0957. The summed E-state index contributed by atoms with van der Waals surface area (Å²) in [4.78, 5) is 18.4. The highest BCUT2D eigenvalue weighted by molar-refractivity contribution is 7.19. The van der Waals surface area contributed by atoms with Crippen molar-refractivity contribution >= 4 is 22.2 Å². The first kappa shape index (κ1) is 18.3. The molecule has 1 N–H and O–H groups in total. The van der Waals surface area contributed by atoms with Crippen LogP contribution in [0.5, 0.6) is 0 Å². The lowest BCUT2D eigenvalue weighted by atomic mass is 10.1. The summed E-state index contributed by atoms with van der Waals surface area (Å²) in [6.45, 7) is 2.33. The van der Waals surface area contributed by atoms with Crippen LogP contribution in [-0.4, -0.2) is 21.8 Å². The third-order valence-corrected chi connectivity index (χ3v) is 5.67. The fourth-order valence-electron chi connectivity index (χ4n) is 2.97. The number of benzene rings is 2. The van der Waals surface area contributed by atoms with Crippen molar-refractivity contribution in [2.45, 2.75) is 13.3 Å². The van der Waals surface area contributed by atoms with Gasteiger partial charge in [0.1, 0.15) is 16.5 Å². The predicted molar refractivity (Wildman–Crippen MR) is 106 cm³/mol. The van der Waals surface area contributed by atoms with Gasteiger partial charge in [0, 0.05) is 24.0 Å². The zero-order chi connectivity index (χ0) is 19.7. The molecular weight excluding hydrogens is 380 g/mol. The summed E-state index contributed by atoms with van der Waals surface area (Å²) in [6.07, 6.45) is 2.48. The van der Waals surface area contributed by atoms with Gasteiger partial charge in [0.25, 0.3) is 5.91 Å². The lowest BCUT2D eigenvalue weighted by Crippen LogP contribution is -2.25. The molecule has 0 aliphatic rings. The largest absolute Gasteiger partial charge is 0.351 e. The predicted octanol–water partition coefficient (Wildman–Crippen LogP) is 4.62. The second kappa shape index (κ2) is 7.52. The van der Waals surface area contributed by atoms with Gasteiger partial charge < -0.3 is 5.32 Å². The molecule has 4 rings (SSSR count). The molecule has 0 unspecified atom stereocenters. The Balaban J connectivity index is 1.47.